The van der Waals surface area contributed by atoms with Crippen LogP contribution in [0, 0.1) is 0 Å². The monoisotopic (exact) mass is 275 g/mol. The predicted octanol–water partition coefficient (Wildman–Crippen LogP) is 1.94. The molecular weight excluding hydrogens is 258 g/mol. The molecule has 0 saturated heterocycles. The number of anilines is 1. The summed E-state index contributed by atoms with van der Waals surface area (Å²) in [6, 6.07) is 5.32. The minimum Gasteiger partial charge on any atom is -0.481 e. The second-order valence-electron chi connectivity index (χ2n) is 6.05. The number of carbonyl (C=O) groups excluding carboxylic acids is 1. The molecule has 0 spiro atoms. The van der Waals surface area contributed by atoms with Crippen molar-refractivity contribution in [3.05, 3.63) is 23.8 Å². The standard InChI is InChI=1S/C15H17NO4/c1-14(2)12(17)16(3)10-8-9(4-5-11(10)20-14)15(6-7-15)13(18)19/h4-5,8H,6-7H2,1-3H3,(H,18,19). The second kappa shape index (κ2) is 3.75. The highest BCUT2D eigenvalue weighted by Gasteiger charge is 2.52. The highest BCUT2D eigenvalue weighted by molar-refractivity contribution is 6.02. The lowest BCUT2D eigenvalue weighted by atomic mass is 9.94. The van der Waals surface area contributed by atoms with Crippen LogP contribution in [-0.2, 0) is 15.0 Å². The van der Waals surface area contributed by atoms with Gasteiger partial charge in [0.2, 0.25) is 0 Å². The SMILES string of the molecule is CN1C(=O)C(C)(C)Oc2ccc(C3(C(=O)O)CC3)cc21. The summed E-state index contributed by atoms with van der Waals surface area (Å²) in [5.74, 6) is -0.326. The van der Waals surface area contributed by atoms with Crippen LogP contribution in [0.15, 0.2) is 18.2 Å². The van der Waals surface area contributed by atoms with Crippen molar-refractivity contribution >= 4 is 17.6 Å². The van der Waals surface area contributed by atoms with E-state index in [-0.39, 0.29) is 5.91 Å². The zero-order chi connectivity index (χ0) is 14.7. The van der Waals surface area contributed by atoms with Crippen molar-refractivity contribution in [2.24, 2.45) is 0 Å². The third-order valence-electron chi connectivity index (χ3n) is 4.22. The van der Waals surface area contributed by atoms with Gasteiger partial charge in [0.15, 0.2) is 5.60 Å². The molecule has 1 aromatic rings. The number of benzene rings is 1. The Morgan fingerprint density at radius 2 is 2.00 bits per heavy atom. The van der Waals surface area contributed by atoms with Crippen molar-refractivity contribution in [1.29, 1.82) is 0 Å². The fourth-order valence-corrected chi connectivity index (χ4v) is 2.75. The van der Waals surface area contributed by atoms with Crippen molar-refractivity contribution in [3.8, 4) is 5.75 Å². The third kappa shape index (κ3) is 1.62. The van der Waals surface area contributed by atoms with Crippen molar-refractivity contribution in [3.63, 3.8) is 0 Å². The molecule has 1 aromatic carbocycles. The van der Waals surface area contributed by atoms with Crippen LogP contribution >= 0.6 is 0 Å². The number of aliphatic carboxylic acids is 1. The Labute approximate surface area is 117 Å². The van der Waals surface area contributed by atoms with Crippen LogP contribution < -0.4 is 9.64 Å². The quantitative estimate of drug-likeness (QED) is 0.895. The summed E-state index contributed by atoms with van der Waals surface area (Å²) in [7, 11) is 1.69. The third-order valence-corrected chi connectivity index (χ3v) is 4.22. The number of likely N-dealkylation sites (N-methyl/N-ethyl adjacent to an activating group) is 1. The number of carbonyl (C=O) groups is 2. The summed E-state index contributed by atoms with van der Waals surface area (Å²) >= 11 is 0. The summed E-state index contributed by atoms with van der Waals surface area (Å²) in [5.41, 5.74) is -0.287. The van der Waals surface area contributed by atoms with E-state index in [0.717, 1.165) is 5.56 Å². The molecule has 0 atom stereocenters. The van der Waals surface area contributed by atoms with Crippen molar-refractivity contribution in [2.45, 2.75) is 37.7 Å². The fourth-order valence-electron chi connectivity index (χ4n) is 2.75. The van der Waals surface area contributed by atoms with E-state index in [2.05, 4.69) is 0 Å². The molecule has 5 nitrogen and oxygen atoms in total. The molecule has 0 aromatic heterocycles. The molecule has 1 fully saturated rings. The average Bonchev–Trinajstić information content (AvgIpc) is 3.17. The molecule has 1 aliphatic heterocycles. The van der Waals surface area contributed by atoms with Crippen LogP contribution in [0.25, 0.3) is 0 Å². The number of amides is 1. The van der Waals surface area contributed by atoms with E-state index in [1.165, 1.54) is 0 Å². The first-order valence-electron chi connectivity index (χ1n) is 6.63. The Kier molecular flexibility index (Phi) is 2.43. The second-order valence-corrected chi connectivity index (χ2v) is 6.05. The van der Waals surface area contributed by atoms with Gasteiger partial charge in [0.25, 0.3) is 5.91 Å². The molecule has 1 saturated carbocycles. The summed E-state index contributed by atoms with van der Waals surface area (Å²) in [5, 5.41) is 9.35. The van der Waals surface area contributed by atoms with Crippen LogP contribution in [0.5, 0.6) is 5.75 Å². The molecule has 20 heavy (non-hydrogen) atoms. The van der Waals surface area contributed by atoms with Crippen molar-refractivity contribution in [1.82, 2.24) is 0 Å². The van der Waals surface area contributed by atoms with Gasteiger partial charge in [0, 0.05) is 7.05 Å². The van der Waals surface area contributed by atoms with Crippen LogP contribution in [0.3, 0.4) is 0 Å². The van der Waals surface area contributed by atoms with Crippen LogP contribution in [0.4, 0.5) is 5.69 Å². The first-order chi connectivity index (χ1) is 9.28. The van der Waals surface area contributed by atoms with E-state index in [1.54, 1.807) is 44.0 Å². The molecule has 1 amide bonds. The Morgan fingerprint density at radius 1 is 1.35 bits per heavy atom. The van der Waals surface area contributed by atoms with Gasteiger partial charge in [-0.2, -0.15) is 0 Å². The van der Waals surface area contributed by atoms with Gasteiger partial charge in [-0.05, 0) is 44.4 Å². The smallest absolute Gasteiger partial charge is 0.314 e. The Balaban J connectivity index is 2.07. The van der Waals surface area contributed by atoms with E-state index >= 15 is 0 Å². The lowest BCUT2D eigenvalue weighted by Gasteiger charge is -2.37. The van der Waals surface area contributed by atoms with E-state index in [9.17, 15) is 14.7 Å². The molecule has 0 unspecified atom stereocenters. The molecule has 1 aliphatic carbocycles. The number of ether oxygens (including phenoxy) is 1. The Morgan fingerprint density at radius 3 is 2.55 bits per heavy atom. The average molecular weight is 275 g/mol. The molecule has 1 N–H and O–H groups in total. The molecular formula is C15H17NO4. The first-order valence-corrected chi connectivity index (χ1v) is 6.63. The number of hydrogen-bond donors (Lipinski definition) is 1. The van der Waals surface area contributed by atoms with Gasteiger partial charge in [-0.15, -0.1) is 0 Å². The summed E-state index contributed by atoms with van der Waals surface area (Å²) in [6.07, 6.45) is 1.29. The van der Waals surface area contributed by atoms with E-state index in [1.807, 2.05) is 0 Å². The van der Waals surface area contributed by atoms with Gasteiger partial charge in [-0.1, -0.05) is 6.07 Å². The van der Waals surface area contributed by atoms with E-state index in [4.69, 9.17) is 4.74 Å². The molecule has 0 radical (unpaired) electrons. The minimum absolute atomic E-state index is 0.137. The summed E-state index contributed by atoms with van der Waals surface area (Å²) in [4.78, 5) is 25.1. The van der Waals surface area contributed by atoms with Crippen LogP contribution in [0.2, 0.25) is 0 Å². The first kappa shape index (κ1) is 13.0. The number of nitrogens with zero attached hydrogens (tertiary/aromatic N) is 1. The fraction of sp³-hybridized carbons (Fsp3) is 0.467. The zero-order valence-corrected chi connectivity index (χ0v) is 11.8. The normalized spacial score (nSPS) is 21.9. The molecule has 2 aliphatic rings. The van der Waals surface area contributed by atoms with Gasteiger partial charge in [0.1, 0.15) is 5.75 Å². The van der Waals surface area contributed by atoms with Gasteiger partial charge in [-0.25, -0.2) is 0 Å². The number of hydrogen-bond acceptors (Lipinski definition) is 3. The maximum Gasteiger partial charge on any atom is 0.314 e. The number of fused-ring (bicyclic) bond motifs is 1. The van der Waals surface area contributed by atoms with Crippen LogP contribution in [0.1, 0.15) is 32.3 Å². The van der Waals surface area contributed by atoms with Gasteiger partial charge in [0.05, 0.1) is 11.1 Å². The lowest BCUT2D eigenvalue weighted by molar-refractivity contribution is -0.140. The minimum atomic E-state index is -0.896. The topological polar surface area (TPSA) is 66.8 Å². The number of carboxylic acids is 1. The van der Waals surface area contributed by atoms with E-state index in [0.29, 0.717) is 24.3 Å². The molecule has 0 bridgehead atoms. The summed E-state index contributed by atoms with van der Waals surface area (Å²) in [6.45, 7) is 3.45. The largest absolute Gasteiger partial charge is 0.481 e. The number of rotatable bonds is 2. The van der Waals surface area contributed by atoms with Gasteiger partial charge < -0.3 is 14.7 Å². The zero-order valence-electron chi connectivity index (χ0n) is 11.8. The molecule has 5 heteroatoms. The molecule has 3 rings (SSSR count). The van der Waals surface area contributed by atoms with Crippen molar-refractivity contribution in [2.75, 3.05) is 11.9 Å². The van der Waals surface area contributed by atoms with E-state index < -0.39 is 17.0 Å². The van der Waals surface area contributed by atoms with Crippen LogP contribution in [-0.4, -0.2) is 29.6 Å². The van der Waals surface area contributed by atoms with Gasteiger partial charge >= 0.3 is 5.97 Å². The highest BCUT2D eigenvalue weighted by Crippen LogP contribution is 2.50. The maximum absolute atomic E-state index is 12.2. The Bertz CT molecular complexity index is 616. The molecule has 106 valence electrons. The Hall–Kier alpha value is -2.04. The van der Waals surface area contributed by atoms with Crippen molar-refractivity contribution < 1.29 is 19.4 Å². The summed E-state index contributed by atoms with van der Waals surface area (Å²) < 4.78 is 5.71. The predicted molar refractivity (Wildman–Crippen MR) is 73.1 cm³/mol. The lowest BCUT2D eigenvalue weighted by Crippen LogP contribution is -2.51. The van der Waals surface area contributed by atoms with Gasteiger partial charge in [-0.3, -0.25) is 9.59 Å². The maximum atomic E-state index is 12.2. The molecule has 1 heterocycles. The number of carboxylic acid groups (broad SMARTS) is 1. The highest BCUT2D eigenvalue weighted by atomic mass is 16.5.